The van der Waals surface area contributed by atoms with Crippen LogP contribution in [0.15, 0.2) is 0 Å². The second kappa shape index (κ2) is 10.5. The molecule has 3 N–H and O–H groups in total. The number of carbonyl (C=O) groups is 3. The highest BCUT2D eigenvalue weighted by Crippen LogP contribution is 2.36. The van der Waals surface area contributed by atoms with E-state index in [-0.39, 0.29) is 31.3 Å². The van der Waals surface area contributed by atoms with Crippen LogP contribution in [0.4, 0.5) is 0 Å². The van der Waals surface area contributed by atoms with Gasteiger partial charge in [0.1, 0.15) is 23.3 Å². The molecular weight excluding hydrogens is 416 g/mol. The van der Waals surface area contributed by atoms with Crippen LogP contribution < -0.4 is 5.32 Å². The lowest BCUT2D eigenvalue weighted by atomic mass is 9.94. The van der Waals surface area contributed by atoms with Gasteiger partial charge in [0.25, 0.3) is 0 Å². The number of rotatable bonds is 8. The van der Waals surface area contributed by atoms with Crippen molar-refractivity contribution >= 4 is 17.8 Å². The highest BCUT2D eigenvalue weighted by molar-refractivity contribution is 5.81. The van der Waals surface area contributed by atoms with Gasteiger partial charge in [0.05, 0.1) is 0 Å². The second-order valence-corrected chi connectivity index (χ2v) is 10.9. The van der Waals surface area contributed by atoms with Crippen molar-refractivity contribution in [1.82, 2.24) is 10.2 Å². The topological polar surface area (TPSA) is 125 Å². The summed E-state index contributed by atoms with van der Waals surface area (Å²) in [5, 5.41) is 23.3. The van der Waals surface area contributed by atoms with E-state index >= 15 is 0 Å². The van der Waals surface area contributed by atoms with E-state index in [1.54, 1.807) is 46.4 Å². The SMILES string of the molecule is CCC(CNC(C)=O)C(C(=O)OC(C)(C)C)N1CC(C(C)(O)O)CC1C(=O)OC(C)(C)C. The molecule has 0 spiro atoms. The van der Waals surface area contributed by atoms with Crippen molar-refractivity contribution in [2.45, 2.75) is 104 Å². The van der Waals surface area contributed by atoms with Gasteiger partial charge in [0, 0.05) is 31.8 Å². The molecule has 1 aliphatic rings. The fraction of sp³-hybridized carbons (Fsp3) is 0.870. The molecule has 9 nitrogen and oxygen atoms in total. The average molecular weight is 459 g/mol. The van der Waals surface area contributed by atoms with Crippen LogP contribution in [0.3, 0.4) is 0 Å². The van der Waals surface area contributed by atoms with Gasteiger partial charge in [-0.1, -0.05) is 6.92 Å². The Balaban J connectivity index is 3.42. The van der Waals surface area contributed by atoms with Gasteiger partial charge in [-0.25, -0.2) is 0 Å². The van der Waals surface area contributed by atoms with Crippen molar-refractivity contribution in [1.29, 1.82) is 0 Å². The van der Waals surface area contributed by atoms with E-state index in [0.29, 0.717) is 6.42 Å². The number of aliphatic hydroxyl groups is 2. The van der Waals surface area contributed by atoms with Crippen LogP contribution in [0.2, 0.25) is 0 Å². The van der Waals surface area contributed by atoms with Crippen molar-refractivity contribution in [2.75, 3.05) is 13.1 Å². The molecule has 0 bridgehead atoms. The summed E-state index contributed by atoms with van der Waals surface area (Å²) in [6.07, 6.45) is 0.649. The van der Waals surface area contributed by atoms with E-state index in [0.717, 1.165) is 0 Å². The summed E-state index contributed by atoms with van der Waals surface area (Å²) in [7, 11) is 0. The number of amides is 1. The van der Waals surface area contributed by atoms with Crippen molar-refractivity contribution in [3.05, 3.63) is 0 Å². The molecule has 9 heteroatoms. The maximum Gasteiger partial charge on any atom is 0.324 e. The molecule has 32 heavy (non-hydrogen) atoms. The van der Waals surface area contributed by atoms with Gasteiger partial charge in [-0.3, -0.25) is 19.3 Å². The molecule has 1 rings (SSSR count). The third-order valence-electron chi connectivity index (χ3n) is 5.38. The first kappa shape index (κ1) is 28.3. The molecule has 186 valence electrons. The normalized spacial score (nSPS) is 22.2. The Morgan fingerprint density at radius 1 is 1.03 bits per heavy atom. The predicted molar refractivity (Wildman–Crippen MR) is 119 cm³/mol. The standard InChI is InChI=1S/C23H42N2O7/c1-10-15(12-24-14(2)26)18(20(28)32-22(6,7)8)25-13-16(23(9,29)30)11-17(25)19(27)31-21(3,4)5/h15-18,29-30H,10-13H2,1-9H3,(H,24,26). The number of hydrogen-bond donors (Lipinski definition) is 3. The van der Waals surface area contributed by atoms with Gasteiger partial charge in [0.15, 0.2) is 5.79 Å². The molecular formula is C23H42N2O7. The fourth-order valence-corrected chi connectivity index (χ4v) is 3.88. The lowest BCUT2D eigenvalue weighted by molar-refractivity contribution is -0.183. The Hall–Kier alpha value is -1.71. The van der Waals surface area contributed by atoms with Gasteiger partial charge < -0.3 is 25.0 Å². The van der Waals surface area contributed by atoms with Crippen LogP contribution in [0.5, 0.6) is 0 Å². The number of nitrogens with zero attached hydrogens (tertiary/aromatic N) is 1. The highest BCUT2D eigenvalue weighted by Gasteiger charge is 2.51. The van der Waals surface area contributed by atoms with Crippen molar-refractivity contribution in [3.63, 3.8) is 0 Å². The number of hydrogen-bond acceptors (Lipinski definition) is 8. The molecule has 0 aromatic heterocycles. The fourth-order valence-electron chi connectivity index (χ4n) is 3.88. The summed E-state index contributed by atoms with van der Waals surface area (Å²) < 4.78 is 11.3. The Morgan fingerprint density at radius 3 is 1.97 bits per heavy atom. The molecule has 0 aliphatic carbocycles. The summed E-state index contributed by atoms with van der Waals surface area (Å²) >= 11 is 0. The molecule has 4 unspecified atom stereocenters. The van der Waals surface area contributed by atoms with Crippen LogP contribution in [-0.4, -0.2) is 75.1 Å². The number of esters is 2. The van der Waals surface area contributed by atoms with Crippen LogP contribution in [0.1, 0.15) is 75.2 Å². The van der Waals surface area contributed by atoms with E-state index < -0.39 is 46.9 Å². The van der Waals surface area contributed by atoms with Crippen molar-refractivity contribution in [2.24, 2.45) is 11.8 Å². The molecule has 1 fully saturated rings. The first-order valence-electron chi connectivity index (χ1n) is 11.3. The van der Waals surface area contributed by atoms with Crippen LogP contribution in [0.25, 0.3) is 0 Å². The highest BCUT2D eigenvalue weighted by atomic mass is 16.6. The minimum atomic E-state index is -2.03. The van der Waals surface area contributed by atoms with Crippen molar-refractivity contribution in [3.8, 4) is 0 Å². The van der Waals surface area contributed by atoms with Gasteiger partial charge in [-0.2, -0.15) is 0 Å². The molecule has 4 atom stereocenters. The Morgan fingerprint density at radius 2 is 1.56 bits per heavy atom. The third kappa shape index (κ3) is 8.67. The maximum absolute atomic E-state index is 13.3. The Bertz CT molecular complexity index is 673. The van der Waals surface area contributed by atoms with Gasteiger partial charge >= 0.3 is 11.9 Å². The zero-order chi connectivity index (χ0) is 25.1. The third-order valence-corrected chi connectivity index (χ3v) is 5.38. The first-order valence-corrected chi connectivity index (χ1v) is 11.3. The predicted octanol–water partition coefficient (Wildman–Crippen LogP) is 1.59. The number of nitrogens with one attached hydrogen (secondary N) is 1. The number of ether oxygens (including phenoxy) is 2. The molecule has 1 amide bonds. The monoisotopic (exact) mass is 458 g/mol. The molecule has 0 aromatic carbocycles. The zero-order valence-corrected chi connectivity index (χ0v) is 21.0. The summed E-state index contributed by atoms with van der Waals surface area (Å²) in [5.74, 6) is -4.36. The van der Waals surface area contributed by atoms with Crippen LogP contribution in [0, 0.1) is 11.8 Å². The van der Waals surface area contributed by atoms with Crippen LogP contribution in [-0.2, 0) is 23.9 Å². The lowest BCUT2D eigenvalue weighted by Gasteiger charge is -2.37. The van der Waals surface area contributed by atoms with Gasteiger partial charge in [0.2, 0.25) is 5.91 Å². The zero-order valence-electron chi connectivity index (χ0n) is 21.0. The molecule has 0 saturated carbocycles. The molecule has 1 saturated heterocycles. The minimum absolute atomic E-state index is 0.0912. The van der Waals surface area contributed by atoms with E-state index in [1.165, 1.54) is 13.8 Å². The Labute approximate surface area is 191 Å². The summed E-state index contributed by atoms with van der Waals surface area (Å²) in [4.78, 5) is 39.6. The average Bonchev–Trinajstić information content (AvgIpc) is 3.00. The van der Waals surface area contributed by atoms with E-state index in [1.807, 2.05) is 6.92 Å². The van der Waals surface area contributed by atoms with E-state index in [4.69, 9.17) is 9.47 Å². The Kier molecular flexibility index (Phi) is 9.28. The molecule has 0 aromatic rings. The first-order chi connectivity index (χ1) is 14.4. The molecule has 1 aliphatic heterocycles. The van der Waals surface area contributed by atoms with E-state index in [9.17, 15) is 24.6 Å². The van der Waals surface area contributed by atoms with Crippen molar-refractivity contribution < 1.29 is 34.1 Å². The number of carbonyl (C=O) groups excluding carboxylic acids is 3. The van der Waals surface area contributed by atoms with E-state index in [2.05, 4.69) is 5.32 Å². The second-order valence-electron chi connectivity index (χ2n) is 10.9. The lowest BCUT2D eigenvalue weighted by Crippen LogP contribution is -2.55. The molecule has 0 radical (unpaired) electrons. The summed E-state index contributed by atoms with van der Waals surface area (Å²) in [6.45, 7) is 15.4. The van der Waals surface area contributed by atoms with Crippen LogP contribution >= 0.6 is 0 Å². The number of likely N-dealkylation sites (tertiary alicyclic amines) is 1. The largest absolute Gasteiger partial charge is 0.459 e. The smallest absolute Gasteiger partial charge is 0.324 e. The van der Waals surface area contributed by atoms with Gasteiger partial charge in [-0.15, -0.1) is 0 Å². The molecule has 1 heterocycles. The van der Waals surface area contributed by atoms with Gasteiger partial charge in [-0.05, 0) is 61.3 Å². The summed E-state index contributed by atoms with van der Waals surface area (Å²) in [5.41, 5.74) is -1.50. The quantitative estimate of drug-likeness (QED) is 0.370. The maximum atomic E-state index is 13.3. The minimum Gasteiger partial charge on any atom is -0.459 e. The summed E-state index contributed by atoms with van der Waals surface area (Å²) in [6, 6.07) is -1.74.